The number of nitrogens with zero attached hydrogens (tertiary/aromatic N) is 1. The Labute approximate surface area is 162 Å². The largest absolute Gasteiger partial charge is 0.341 e. The van der Waals surface area contributed by atoms with Crippen molar-refractivity contribution in [3.05, 3.63) is 35.4 Å². The molecule has 1 aliphatic rings. The molecule has 1 aromatic carbocycles. The number of nitrogens with one attached hydrogen (secondary N) is 1. The normalized spacial score (nSPS) is 16.1. The highest BCUT2D eigenvalue weighted by molar-refractivity contribution is 7.99. The Hall–Kier alpha value is -1.49. The molecule has 0 atom stereocenters. The second-order valence-electron chi connectivity index (χ2n) is 7.15. The van der Waals surface area contributed by atoms with Gasteiger partial charge in [-0.3, -0.25) is 9.59 Å². The Morgan fingerprint density at radius 2 is 1.69 bits per heavy atom. The maximum atomic E-state index is 13.0. The molecule has 1 aliphatic carbocycles. The van der Waals surface area contributed by atoms with E-state index in [1.807, 2.05) is 18.7 Å². The van der Waals surface area contributed by atoms with E-state index in [2.05, 4.69) is 36.5 Å². The van der Waals surface area contributed by atoms with E-state index in [0.29, 0.717) is 18.8 Å². The molecule has 1 aromatic rings. The summed E-state index contributed by atoms with van der Waals surface area (Å²) in [5.41, 5.74) is 1.77. The second-order valence-corrected chi connectivity index (χ2v) is 8.13. The molecule has 1 saturated carbocycles. The Morgan fingerprint density at radius 3 is 2.27 bits per heavy atom. The number of hydrogen-bond donors (Lipinski definition) is 1. The van der Waals surface area contributed by atoms with Gasteiger partial charge in [0.05, 0.1) is 5.75 Å². The summed E-state index contributed by atoms with van der Waals surface area (Å²) in [6.07, 6.45) is 4.67. The van der Waals surface area contributed by atoms with E-state index < -0.39 is 5.54 Å². The third-order valence-electron chi connectivity index (χ3n) is 5.17. The lowest BCUT2D eigenvalue weighted by molar-refractivity contribution is -0.142. The van der Waals surface area contributed by atoms with E-state index in [1.165, 1.54) is 11.1 Å². The quantitative estimate of drug-likeness (QED) is 0.748. The molecule has 1 N–H and O–H groups in total. The molecule has 4 nitrogen and oxygen atoms in total. The molecule has 26 heavy (non-hydrogen) atoms. The van der Waals surface area contributed by atoms with Crippen LogP contribution < -0.4 is 5.32 Å². The Morgan fingerprint density at radius 1 is 1.08 bits per heavy atom. The van der Waals surface area contributed by atoms with Gasteiger partial charge in [-0.2, -0.15) is 0 Å². The summed E-state index contributed by atoms with van der Waals surface area (Å²) in [7, 11) is 0. The van der Waals surface area contributed by atoms with Gasteiger partial charge in [0, 0.05) is 18.8 Å². The topological polar surface area (TPSA) is 49.4 Å². The third kappa shape index (κ3) is 5.50. The number of carbonyl (C=O) groups is 2. The van der Waals surface area contributed by atoms with Crippen LogP contribution in [-0.2, 0) is 15.3 Å². The van der Waals surface area contributed by atoms with Gasteiger partial charge in [-0.25, -0.2) is 0 Å². The summed E-state index contributed by atoms with van der Waals surface area (Å²) >= 11 is 1.60. The van der Waals surface area contributed by atoms with Gasteiger partial charge in [0.2, 0.25) is 11.8 Å². The summed E-state index contributed by atoms with van der Waals surface area (Å²) in [6.45, 7) is 7.44. The number of carbonyl (C=O) groups excluding carboxylic acids is 2. The molecule has 144 valence electrons. The van der Waals surface area contributed by atoms with Crippen molar-refractivity contribution in [2.45, 2.75) is 64.2 Å². The average molecular weight is 377 g/mol. The molecule has 0 saturated heterocycles. The van der Waals surface area contributed by atoms with Crippen molar-refractivity contribution in [2.24, 2.45) is 0 Å². The molecule has 5 heteroatoms. The van der Waals surface area contributed by atoms with Crippen molar-refractivity contribution >= 4 is 23.6 Å². The zero-order valence-electron chi connectivity index (χ0n) is 16.3. The number of thioether (sulfide) groups is 1. The molecule has 1 fully saturated rings. The fraction of sp³-hybridized carbons (Fsp3) is 0.619. The van der Waals surface area contributed by atoms with Crippen molar-refractivity contribution in [3.8, 4) is 0 Å². The first kappa shape index (κ1) is 20.8. The highest BCUT2D eigenvalue weighted by atomic mass is 32.2. The Kier molecular flexibility index (Phi) is 8.01. The first-order chi connectivity index (χ1) is 12.5. The van der Waals surface area contributed by atoms with Crippen molar-refractivity contribution in [1.29, 1.82) is 0 Å². The lowest BCUT2D eigenvalue weighted by Crippen LogP contribution is -2.60. The van der Waals surface area contributed by atoms with Crippen molar-refractivity contribution in [2.75, 3.05) is 18.8 Å². The van der Waals surface area contributed by atoms with Gasteiger partial charge in [-0.05, 0) is 39.2 Å². The maximum absolute atomic E-state index is 13.0. The number of likely N-dealkylation sites (N-methyl/N-ethyl adjacent to an activating group) is 1. The summed E-state index contributed by atoms with van der Waals surface area (Å²) in [4.78, 5) is 27.5. The summed E-state index contributed by atoms with van der Waals surface area (Å²) in [6, 6.07) is 8.39. The monoisotopic (exact) mass is 376 g/mol. The van der Waals surface area contributed by atoms with Crippen molar-refractivity contribution in [3.63, 3.8) is 0 Å². The number of aryl methyl sites for hydroxylation is 1. The van der Waals surface area contributed by atoms with Crippen LogP contribution in [0.2, 0.25) is 0 Å². The van der Waals surface area contributed by atoms with Crippen LogP contribution in [0.25, 0.3) is 0 Å². The Bertz CT molecular complexity index is 591. The standard InChI is InChI=1S/C21H32N2O2S/c1-4-23(5-2)20(25)21(13-7-6-8-14-21)22-19(24)16-26-15-18-11-9-17(3)10-12-18/h9-12H,4-8,13-16H2,1-3H3,(H,22,24). The molecule has 0 bridgehead atoms. The predicted molar refractivity (Wildman–Crippen MR) is 109 cm³/mol. The molecule has 0 aromatic heterocycles. The lowest BCUT2D eigenvalue weighted by Gasteiger charge is -2.40. The van der Waals surface area contributed by atoms with Crippen LogP contribution in [0.4, 0.5) is 0 Å². The molecule has 0 aliphatic heterocycles. The van der Waals surface area contributed by atoms with E-state index in [0.717, 1.165) is 37.9 Å². The first-order valence-corrected chi connectivity index (χ1v) is 10.9. The van der Waals surface area contributed by atoms with Crippen LogP contribution in [0, 0.1) is 6.92 Å². The fourth-order valence-corrected chi connectivity index (χ4v) is 4.40. The van der Waals surface area contributed by atoms with Crippen LogP contribution in [0.1, 0.15) is 57.1 Å². The van der Waals surface area contributed by atoms with Crippen LogP contribution in [0.3, 0.4) is 0 Å². The highest BCUT2D eigenvalue weighted by Crippen LogP contribution is 2.30. The minimum Gasteiger partial charge on any atom is -0.341 e. The highest BCUT2D eigenvalue weighted by Gasteiger charge is 2.42. The molecule has 0 unspecified atom stereocenters. The van der Waals surface area contributed by atoms with Crippen LogP contribution in [0.15, 0.2) is 24.3 Å². The predicted octanol–water partition coefficient (Wildman–Crippen LogP) is 3.92. The number of benzene rings is 1. The summed E-state index contributed by atoms with van der Waals surface area (Å²) in [5, 5.41) is 3.13. The SMILES string of the molecule is CCN(CC)C(=O)C1(NC(=O)CSCc2ccc(C)cc2)CCCCC1. The van der Waals surface area contributed by atoms with E-state index in [-0.39, 0.29) is 11.8 Å². The van der Waals surface area contributed by atoms with Gasteiger partial charge in [0.25, 0.3) is 0 Å². The minimum atomic E-state index is -0.689. The van der Waals surface area contributed by atoms with Gasteiger partial charge in [0.15, 0.2) is 0 Å². The van der Waals surface area contributed by atoms with E-state index in [1.54, 1.807) is 11.8 Å². The summed E-state index contributed by atoms with van der Waals surface area (Å²) < 4.78 is 0. The third-order valence-corrected chi connectivity index (χ3v) is 6.17. The Balaban J connectivity index is 1.93. The van der Waals surface area contributed by atoms with Crippen LogP contribution in [0.5, 0.6) is 0 Å². The molecule has 0 spiro atoms. The summed E-state index contributed by atoms with van der Waals surface area (Å²) in [5.74, 6) is 1.27. The minimum absolute atomic E-state index is 0.0236. The fourth-order valence-electron chi connectivity index (χ4n) is 3.61. The van der Waals surface area contributed by atoms with Crippen molar-refractivity contribution < 1.29 is 9.59 Å². The molecule has 0 radical (unpaired) electrons. The molecule has 2 amide bonds. The lowest BCUT2D eigenvalue weighted by atomic mass is 9.80. The smallest absolute Gasteiger partial charge is 0.248 e. The molecule has 0 heterocycles. The molecular weight excluding hydrogens is 344 g/mol. The van der Waals surface area contributed by atoms with Crippen molar-refractivity contribution in [1.82, 2.24) is 10.2 Å². The van der Waals surface area contributed by atoms with E-state index >= 15 is 0 Å². The first-order valence-electron chi connectivity index (χ1n) is 9.74. The molecule has 2 rings (SSSR count). The van der Waals surface area contributed by atoms with Gasteiger partial charge in [-0.15, -0.1) is 11.8 Å². The van der Waals surface area contributed by atoms with Gasteiger partial charge < -0.3 is 10.2 Å². The average Bonchev–Trinajstić information content (AvgIpc) is 2.65. The number of amides is 2. The molecular formula is C21H32N2O2S. The van der Waals surface area contributed by atoms with Gasteiger partial charge in [0.1, 0.15) is 5.54 Å². The second kappa shape index (κ2) is 10.0. The zero-order chi connectivity index (χ0) is 19.0. The zero-order valence-corrected chi connectivity index (χ0v) is 17.2. The van der Waals surface area contributed by atoms with Gasteiger partial charge in [-0.1, -0.05) is 49.1 Å². The number of hydrogen-bond acceptors (Lipinski definition) is 3. The number of rotatable bonds is 8. The van der Waals surface area contributed by atoms with E-state index in [4.69, 9.17) is 0 Å². The van der Waals surface area contributed by atoms with Gasteiger partial charge >= 0.3 is 0 Å². The van der Waals surface area contributed by atoms with E-state index in [9.17, 15) is 9.59 Å². The van der Waals surface area contributed by atoms with Crippen LogP contribution >= 0.6 is 11.8 Å². The van der Waals surface area contributed by atoms with Crippen LogP contribution in [-0.4, -0.2) is 41.1 Å². The maximum Gasteiger partial charge on any atom is 0.248 e.